The number of rotatable bonds is 5. The summed E-state index contributed by atoms with van der Waals surface area (Å²) in [6.45, 7) is 0.783. The Balaban J connectivity index is 1.43. The van der Waals surface area contributed by atoms with E-state index in [2.05, 4.69) is 11.1 Å². The second kappa shape index (κ2) is 8.52. The van der Waals surface area contributed by atoms with Crippen molar-refractivity contribution in [2.75, 3.05) is 18.0 Å². The molecule has 0 N–H and O–H groups in total. The second-order valence-electron chi connectivity index (χ2n) is 8.69. The van der Waals surface area contributed by atoms with E-state index in [1.54, 1.807) is 25.5 Å². The number of benzene rings is 1. The maximum absolute atomic E-state index is 14.1. The number of aryl methyl sites for hydroxylation is 1. The van der Waals surface area contributed by atoms with E-state index in [0.29, 0.717) is 35.9 Å². The maximum Gasteiger partial charge on any atom is 0.250 e. The summed E-state index contributed by atoms with van der Waals surface area (Å²) in [4.78, 5) is 23.4. The average molecular weight is 464 g/mol. The Morgan fingerprint density at radius 1 is 1.24 bits per heavy atom. The molecule has 0 radical (unpaired) electrons. The fourth-order valence-electron chi connectivity index (χ4n) is 4.11. The molecular formula is C25H23F2N5O2. The van der Waals surface area contributed by atoms with E-state index in [1.165, 1.54) is 16.7 Å². The molecule has 34 heavy (non-hydrogen) atoms. The summed E-state index contributed by atoms with van der Waals surface area (Å²) >= 11 is 0. The molecule has 174 valence electrons. The lowest BCUT2D eigenvalue weighted by Crippen LogP contribution is -2.39. The fraction of sp³-hybridized carbons (Fsp3) is 0.360. The molecule has 3 heterocycles. The van der Waals surface area contributed by atoms with Crippen molar-refractivity contribution in [2.24, 2.45) is 7.05 Å². The number of hydrogen-bond acceptors (Lipinski definition) is 6. The van der Waals surface area contributed by atoms with Crippen LogP contribution < -0.4 is 15.2 Å². The third kappa shape index (κ3) is 4.12. The second-order valence-corrected chi connectivity index (χ2v) is 8.69. The van der Waals surface area contributed by atoms with Gasteiger partial charge in [-0.1, -0.05) is 0 Å². The molecule has 0 spiro atoms. The topological polar surface area (TPSA) is 84.0 Å². The van der Waals surface area contributed by atoms with Crippen LogP contribution in [-0.4, -0.2) is 33.7 Å². The summed E-state index contributed by atoms with van der Waals surface area (Å²) < 4.78 is 43.0. The first-order valence-electron chi connectivity index (χ1n) is 11.6. The van der Waals surface area contributed by atoms with E-state index >= 15 is 0 Å². The number of hydrogen-bond donors (Lipinski definition) is 0. The van der Waals surface area contributed by atoms with E-state index in [4.69, 9.17) is 11.1 Å². The first-order valence-corrected chi connectivity index (χ1v) is 11.1. The molecule has 2 aromatic heterocycles. The normalized spacial score (nSPS) is 18.6. The Morgan fingerprint density at radius 3 is 2.65 bits per heavy atom. The summed E-state index contributed by atoms with van der Waals surface area (Å²) in [6, 6.07) is 8.51. The highest BCUT2D eigenvalue weighted by molar-refractivity contribution is 5.72. The minimum Gasteiger partial charge on any atom is -0.487 e. The summed E-state index contributed by atoms with van der Waals surface area (Å²) in [6.07, 6.45) is 3.90. The molecule has 1 aromatic carbocycles. The first kappa shape index (κ1) is 20.8. The molecule has 0 amide bonds. The molecule has 3 aromatic rings. The minimum atomic E-state index is -1.38. The Kier molecular flexibility index (Phi) is 5.21. The van der Waals surface area contributed by atoms with Gasteiger partial charge < -0.3 is 14.2 Å². The zero-order valence-electron chi connectivity index (χ0n) is 19.6. The smallest absolute Gasteiger partial charge is 0.250 e. The maximum atomic E-state index is 14.1. The standard InChI is InChI=1S/C25H23F2N5O2/c1-31-14-16(2-5-22(31)33)23-24(29-13-21(30-23)25(15-28)8-9-25)32-10-6-18(7-11-32)34-20-4-3-17(26)12-19(20)27/h2-5,12-14,18H,6-11H2,1H3/i18D. The largest absolute Gasteiger partial charge is 0.487 e. The van der Waals surface area contributed by atoms with Crippen molar-refractivity contribution in [3.8, 4) is 23.1 Å². The highest BCUT2D eigenvalue weighted by Crippen LogP contribution is 2.47. The molecule has 7 nitrogen and oxygen atoms in total. The number of anilines is 1. The van der Waals surface area contributed by atoms with Crippen LogP contribution in [0.5, 0.6) is 5.75 Å². The van der Waals surface area contributed by atoms with Crippen molar-refractivity contribution >= 4 is 5.82 Å². The van der Waals surface area contributed by atoms with Crippen molar-refractivity contribution in [2.45, 2.75) is 37.2 Å². The molecule has 0 atom stereocenters. The Bertz CT molecular complexity index is 1390. The van der Waals surface area contributed by atoms with Crippen LogP contribution in [0, 0.1) is 23.0 Å². The Morgan fingerprint density at radius 2 is 2.00 bits per heavy atom. The van der Waals surface area contributed by atoms with Gasteiger partial charge in [0.05, 0.1) is 19.3 Å². The number of pyridine rings is 1. The summed E-state index contributed by atoms with van der Waals surface area (Å²) in [5.74, 6) is -1.13. The van der Waals surface area contributed by atoms with Crippen LogP contribution in [0.1, 0.15) is 32.7 Å². The quantitative estimate of drug-likeness (QED) is 0.572. The van der Waals surface area contributed by atoms with Crippen molar-refractivity contribution in [1.82, 2.24) is 14.5 Å². The van der Waals surface area contributed by atoms with Gasteiger partial charge in [0, 0.05) is 56.9 Å². The summed E-state index contributed by atoms with van der Waals surface area (Å²) in [5, 5.41) is 9.63. The predicted molar refractivity (Wildman–Crippen MR) is 121 cm³/mol. The van der Waals surface area contributed by atoms with E-state index in [-0.39, 0.29) is 24.2 Å². The molecule has 2 aliphatic rings. The highest BCUT2D eigenvalue weighted by atomic mass is 19.1. The van der Waals surface area contributed by atoms with Gasteiger partial charge in [-0.2, -0.15) is 5.26 Å². The zero-order valence-corrected chi connectivity index (χ0v) is 18.6. The number of ether oxygens (including phenoxy) is 1. The monoisotopic (exact) mass is 464 g/mol. The van der Waals surface area contributed by atoms with Crippen molar-refractivity contribution in [3.05, 3.63) is 70.4 Å². The van der Waals surface area contributed by atoms with E-state index in [1.807, 2.05) is 4.90 Å². The van der Waals surface area contributed by atoms with E-state index in [9.17, 15) is 18.8 Å². The van der Waals surface area contributed by atoms with Crippen LogP contribution in [0.15, 0.2) is 47.5 Å². The molecule has 1 saturated carbocycles. The molecular weight excluding hydrogens is 440 g/mol. The third-order valence-electron chi connectivity index (χ3n) is 6.34. The lowest BCUT2D eigenvalue weighted by Gasteiger charge is -2.34. The average Bonchev–Trinajstić information content (AvgIpc) is 3.64. The number of nitriles is 1. The zero-order chi connectivity index (χ0) is 24.8. The predicted octanol–water partition coefficient (Wildman–Crippen LogP) is 3.72. The highest BCUT2D eigenvalue weighted by Gasteiger charge is 2.47. The molecule has 5 rings (SSSR count). The van der Waals surface area contributed by atoms with Gasteiger partial charge in [-0.3, -0.25) is 4.79 Å². The van der Waals surface area contributed by atoms with Crippen LogP contribution >= 0.6 is 0 Å². The Hall–Kier alpha value is -3.80. The summed E-state index contributed by atoms with van der Waals surface area (Å²) in [7, 11) is 1.65. The van der Waals surface area contributed by atoms with Crippen LogP contribution in [0.2, 0.25) is 0 Å². The van der Waals surface area contributed by atoms with Crippen LogP contribution in [-0.2, 0) is 12.5 Å². The van der Waals surface area contributed by atoms with Crippen LogP contribution in [0.4, 0.5) is 14.6 Å². The van der Waals surface area contributed by atoms with Gasteiger partial charge in [0.1, 0.15) is 23.0 Å². The SMILES string of the molecule is [2H]C1(Oc2ccc(F)cc2F)CCN(c2ncc(C3(C#N)CC3)nc2-c2ccc(=O)n(C)c2)CC1. The van der Waals surface area contributed by atoms with Crippen molar-refractivity contribution in [1.29, 1.82) is 5.26 Å². The molecule has 0 unspecified atom stereocenters. The minimum absolute atomic E-state index is 0.155. The van der Waals surface area contributed by atoms with Gasteiger partial charge in [0.15, 0.2) is 17.4 Å². The molecule has 1 saturated heterocycles. The molecule has 9 heteroatoms. The number of piperidine rings is 1. The lowest BCUT2D eigenvalue weighted by molar-refractivity contribution is 0.163. The number of halogens is 2. The van der Waals surface area contributed by atoms with Gasteiger partial charge in [0.2, 0.25) is 5.56 Å². The van der Waals surface area contributed by atoms with Gasteiger partial charge in [-0.15, -0.1) is 0 Å². The Labute approximate surface area is 196 Å². The lowest BCUT2D eigenvalue weighted by atomic mass is 10.0. The molecule has 1 aliphatic heterocycles. The number of nitrogens with zero attached hydrogens (tertiary/aromatic N) is 5. The van der Waals surface area contributed by atoms with E-state index < -0.39 is 23.1 Å². The molecule has 2 fully saturated rings. The molecule has 1 aliphatic carbocycles. The van der Waals surface area contributed by atoms with Crippen LogP contribution in [0.25, 0.3) is 11.3 Å². The van der Waals surface area contributed by atoms with E-state index in [0.717, 1.165) is 25.0 Å². The fourth-order valence-corrected chi connectivity index (χ4v) is 4.11. The number of aromatic nitrogens is 3. The summed E-state index contributed by atoms with van der Waals surface area (Å²) in [5.41, 5.74) is 1.08. The third-order valence-corrected chi connectivity index (χ3v) is 6.34. The van der Waals surface area contributed by atoms with Gasteiger partial charge in [-0.05, 0) is 31.0 Å². The van der Waals surface area contributed by atoms with Gasteiger partial charge in [-0.25, -0.2) is 18.7 Å². The van der Waals surface area contributed by atoms with Crippen LogP contribution in [0.3, 0.4) is 0 Å². The first-order chi connectivity index (χ1) is 16.7. The van der Waals surface area contributed by atoms with Crippen molar-refractivity contribution < 1.29 is 14.9 Å². The van der Waals surface area contributed by atoms with Gasteiger partial charge >= 0.3 is 0 Å². The van der Waals surface area contributed by atoms with Gasteiger partial charge in [0.25, 0.3) is 0 Å². The molecule has 0 bridgehead atoms. The van der Waals surface area contributed by atoms with Crippen molar-refractivity contribution in [3.63, 3.8) is 0 Å².